The summed E-state index contributed by atoms with van der Waals surface area (Å²) >= 11 is 0. The number of amides is 3. The van der Waals surface area contributed by atoms with E-state index in [1.54, 1.807) is 0 Å². The van der Waals surface area contributed by atoms with Crippen molar-refractivity contribution in [2.24, 2.45) is 0 Å². The van der Waals surface area contributed by atoms with Crippen LogP contribution >= 0.6 is 0 Å². The van der Waals surface area contributed by atoms with E-state index < -0.39 is 29.2 Å². The Kier molecular flexibility index (Phi) is 5.61. The van der Waals surface area contributed by atoms with E-state index >= 15 is 0 Å². The van der Waals surface area contributed by atoms with Crippen LogP contribution in [0.5, 0.6) is 0 Å². The van der Waals surface area contributed by atoms with Gasteiger partial charge in [-0.25, -0.2) is 0 Å². The third kappa shape index (κ3) is 5.07. The minimum absolute atomic E-state index is 0.239. The smallest absolute Gasteiger partial charge is 0.326 e. The summed E-state index contributed by atoms with van der Waals surface area (Å²) in [5.74, 6) is -2.65. The van der Waals surface area contributed by atoms with Crippen molar-refractivity contribution in [3.63, 3.8) is 0 Å². The number of anilines is 3. The Balaban J connectivity index is 2.05. The molecular weight excluding hydrogens is 351 g/mol. The lowest BCUT2D eigenvalue weighted by molar-refractivity contribution is -0.137. The molecule has 0 aliphatic carbocycles. The zero-order chi connectivity index (χ0) is 19.3. The van der Waals surface area contributed by atoms with Crippen LogP contribution in [0.1, 0.15) is 12.5 Å². The maximum atomic E-state index is 12.9. The van der Waals surface area contributed by atoms with Crippen LogP contribution in [0.25, 0.3) is 0 Å². The number of rotatable bonds is 3. The SMILES string of the molecule is CC(=O)Nc1ccc(NC(=O)C(=O)Nc2ccccc2C(F)(F)F)cc1. The number of hydrogen-bond donors (Lipinski definition) is 3. The van der Waals surface area contributed by atoms with Gasteiger partial charge in [-0.3, -0.25) is 14.4 Å². The van der Waals surface area contributed by atoms with Crippen molar-refractivity contribution < 1.29 is 27.6 Å². The van der Waals surface area contributed by atoms with Crippen molar-refractivity contribution >= 4 is 34.8 Å². The Labute approximate surface area is 146 Å². The van der Waals surface area contributed by atoms with Crippen LogP contribution in [0, 0.1) is 0 Å². The number of alkyl halides is 3. The van der Waals surface area contributed by atoms with Gasteiger partial charge in [0.2, 0.25) is 5.91 Å². The quantitative estimate of drug-likeness (QED) is 0.730. The number of para-hydroxylation sites is 1. The second-order valence-corrected chi connectivity index (χ2v) is 5.21. The number of halogens is 3. The molecule has 136 valence electrons. The molecule has 0 aliphatic heterocycles. The van der Waals surface area contributed by atoms with E-state index in [2.05, 4.69) is 10.6 Å². The predicted molar refractivity (Wildman–Crippen MR) is 89.4 cm³/mol. The maximum absolute atomic E-state index is 12.9. The van der Waals surface area contributed by atoms with Gasteiger partial charge in [0.1, 0.15) is 0 Å². The number of carbonyl (C=O) groups excluding carboxylic acids is 3. The zero-order valence-corrected chi connectivity index (χ0v) is 13.5. The van der Waals surface area contributed by atoms with Crippen molar-refractivity contribution in [1.82, 2.24) is 0 Å². The van der Waals surface area contributed by atoms with Gasteiger partial charge in [0.15, 0.2) is 0 Å². The molecule has 2 aromatic carbocycles. The van der Waals surface area contributed by atoms with Gasteiger partial charge in [-0.05, 0) is 36.4 Å². The molecule has 6 nitrogen and oxygen atoms in total. The van der Waals surface area contributed by atoms with E-state index in [0.717, 1.165) is 12.1 Å². The van der Waals surface area contributed by atoms with E-state index in [4.69, 9.17) is 0 Å². The number of benzene rings is 2. The topological polar surface area (TPSA) is 87.3 Å². The average Bonchev–Trinajstić information content (AvgIpc) is 2.55. The van der Waals surface area contributed by atoms with Gasteiger partial charge in [-0.1, -0.05) is 12.1 Å². The van der Waals surface area contributed by atoms with Crippen LogP contribution in [0.15, 0.2) is 48.5 Å². The highest BCUT2D eigenvalue weighted by Crippen LogP contribution is 2.34. The summed E-state index contributed by atoms with van der Waals surface area (Å²) in [6.07, 6.45) is -4.67. The number of nitrogens with one attached hydrogen (secondary N) is 3. The predicted octanol–water partition coefficient (Wildman–Crippen LogP) is 3.24. The molecule has 9 heteroatoms. The lowest BCUT2D eigenvalue weighted by atomic mass is 10.1. The molecule has 0 fully saturated rings. The van der Waals surface area contributed by atoms with Crippen molar-refractivity contribution in [2.75, 3.05) is 16.0 Å². The molecule has 3 N–H and O–H groups in total. The van der Waals surface area contributed by atoms with Crippen LogP contribution in [0.3, 0.4) is 0 Å². The summed E-state index contributed by atoms with van der Waals surface area (Å²) in [6, 6.07) is 10.2. The summed E-state index contributed by atoms with van der Waals surface area (Å²) in [4.78, 5) is 34.7. The second kappa shape index (κ2) is 7.68. The minimum atomic E-state index is -4.67. The first kappa shape index (κ1) is 19.0. The highest BCUT2D eigenvalue weighted by Gasteiger charge is 2.34. The highest BCUT2D eigenvalue weighted by atomic mass is 19.4. The summed E-state index contributed by atoms with van der Waals surface area (Å²) in [7, 11) is 0. The fourth-order valence-electron chi connectivity index (χ4n) is 2.05. The van der Waals surface area contributed by atoms with Gasteiger partial charge in [-0.2, -0.15) is 13.2 Å². The fourth-order valence-corrected chi connectivity index (χ4v) is 2.05. The Morgan fingerprint density at radius 2 is 1.27 bits per heavy atom. The molecule has 0 atom stereocenters. The lowest BCUT2D eigenvalue weighted by Crippen LogP contribution is -2.30. The Morgan fingerprint density at radius 3 is 1.81 bits per heavy atom. The van der Waals surface area contributed by atoms with Crippen LogP contribution in [-0.2, 0) is 20.6 Å². The first-order valence-corrected chi connectivity index (χ1v) is 7.33. The van der Waals surface area contributed by atoms with Gasteiger partial charge in [0, 0.05) is 18.3 Å². The Morgan fingerprint density at radius 1 is 0.769 bits per heavy atom. The monoisotopic (exact) mass is 365 g/mol. The zero-order valence-electron chi connectivity index (χ0n) is 13.5. The summed E-state index contributed by atoms with van der Waals surface area (Å²) in [5.41, 5.74) is -0.843. The van der Waals surface area contributed by atoms with Gasteiger partial charge in [0.05, 0.1) is 11.3 Å². The van der Waals surface area contributed by atoms with Crippen LogP contribution in [0.2, 0.25) is 0 Å². The third-order valence-electron chi connectivity index (χ3n) is 3.15. The third-order valence-corrected chi connectivity index (χ3v) is 3.15. The molecular formula is C17H14F3N3O3. The Bertz CT molecular complexity index is 833. The minimum Gasteiger partial charge on any atom is -0.326 e. The summed E-state index contributed by atoms with van der Waals surface area (Å²) in [5, 5.41) is 6.73. The Hall–Kier alpha value is -3.36. The average molecular weight is 365 g/mol. The first-order chi connectivity index (χ1) is 12.2. The standard InChI is InChI=1S/C17H14F3N3O3/c1-10(24)21-11-6-8-12(9-7-11)22-15(25)16(26)23-14-5-3-2-4-13(14)17(18,19)20/h2-9H,1H3,(H,21,24)(H,22,25)(H,23,26). The molecule has 0 aromatic heterocycles. The molecule has 0 bridgehead atoms. The molecule has 0 radical (unpaired) electrons. The van der Waals surface area contributed by atoms with Gasteiger partial charge in [-0.15, -0.1) is 0 Å². The lowest BCUT2D eigenvalue weighted by Gasteiger charge is -2.13. The van der Waals surface area contributed by atoms with E-state index in [1.807, 2.05) is 5.32 Å². The van der Waals surface area contributed by atoms with Crippen molar-refractivity contribution in [3.8, 4) is 0 Å². The number of hydrogen-bond acceptors (Lipinski definition) is 3. The fraction of sp³-hybridized carbons (Fsp3) is 0.118. The van der Waals surface area contributed by atoms with Crippen molar-refractivity contribution in [3.05, 3.63) is 54.1 Å². The van der Waals surface area contributed by atoms with E-state index in [-0.39, 0.29) is 11.6 Å². The van der Waals surface area contributed by atoms with Gasteiger partial charge < -0.3 is 16.0 Å². The van der Waals surface area contributed by atoms with Crippen molar-refractivity contribution in [1.29, 1.82) is 0 Å². The highest BCUT2D eigenvalue weighted by molar-refractivity contribution is 6.43. The second-order valence-electron chi connectivity index (χ2n) is 5.21. The van der Waals surface area contributed by atoms with Crippen LogP contribution in [-0.4, -0.2) is 17.7 Å². The molecule has 3 amide bonds. The molecule has 26 heavy (non-hydrogen) atoms. The number of carbonyl (C=O) groups is 3. The maximum Gasteiger partial charge on any atom is 0.418 e. The van der Waals surface area contributed by atoms with Crippen LogP contribution < -0.4 is 16.0 Å². The molecule has 0 heterocycles. The molecule has 0 unspecified atom stereocenters. The largest absolute Gasteiger partial charge is 0.418 e. The van der Waals surface area contributed by atoms with Crippen LogP contribution in [0.4, 0.5) is 30.2 Å². The van der Waals surface area contributed by atoms with E-state index in [1.165, 1.54) is 43.3 Å². The molecule has 2 aromatic rings. The molecule has 0 aliphatic rings. The first-order valence-electron chi connectivity index (χ1n) is 7.33. The van der Waals surface area contributed by atoms with Crippen molar-refractivity contribution in [2.45, 2.75) is 13.1 Å². The summed E-state index contributed by atoms with van der Waals surface area (Å²) in [6.45, 7) is 1.33. The van der Waals surface area contributed by atoms with Gasteiger partial charge in [0.25, 0.3) is 0 Å². The molecule has 0 spiro atoms. The van der Waals surface area contributed by atoms with Gasteiger partial charge >= 0.3 is 18.0 Å². The molecule has 0 saturated heterocycles. The van der Waals surface area contributed by atoms with E-state index in [9.17, 15) is 27.6 Å². The van der Waals surface area contributed by atoms with E-state index in [0.29, 0.717) is 5.69 Å². The molecule has 2 rings (SSSR count). The normalized spacial score (nSPS) is 10.8. The molecule has 0 saturated carbocycles. The summed E-state index contributed by atoms with van der Waals surface area (Å²) < 4.78 is 38.7.